The molecule has 2 atom stereocenters. The number of hydrogen-bond acceptors (Lipinski definition) is 5. The van der Waals surface area contributed by atoms with Crippen LogP contribution in [0.3, 0.4) is 0 Å². The number of amides is 1. The van der Waals surface area contributed by atoms with Crippen molar-refractivity contribution in [2.75, 3.05) is 6.54 Å². The minimum absolute atomic E-state index is 0.116. The standard InChI is InChI=1S/C10H17BNO4S/c1-10(2,3)16-9(14)12-5-4-7(11-17-15)8(12)6-13/h6-8,15H,4-5H2,1-3H3/t7-,8+/m0/s1. The summed E-state index contributed by atoms with van der Waals surface area (Å²) in [5.74, 6) is -0.116. The Kier molecular flexibility index (Phi) is 4.88. The van der Waals surface area contributed by atoms with E-state index in [1.807, 2.05) is 0 Å². The monoisotopic (exact) mass is 258 g/mol. The molecular formula is C10H17BNO4S. The Morgan fingerprint density at radius 1 is 1.59 bits per heavy atom. The first-order valence-electron chi connectivity index (χ1n) is 5.47. The third kappa shape index (κ3) is 3.92. The molecule has 17 heavy (non-hydrogen) atoms. The summed E-state index contributed by atoms with van der Waals surface area (Å²) < 4.78 is 14.0. The first-order chi connectivity index (χ1) is 7.89. The maximum atomic E-state index is 11.8. The van der Waals surface area contributed by atoms with Gasteiger partial charge in [-0.15, -0.1) is 0 Å². The van der Waals surface area contributed by atoms with Crippen LogP contribution in [0.5, 0.6) is 0 Å². The fourth-order valence-corrected chi connectivity index (χ4v) is 2.23. The molecule has 0 bridgehead atoms. The topological polar surface area (TPSA) is 66.8 Å². The van der Waals surface area contributed by atoms with E-state index < -0.39 is 17.7 Å². The van der Waals surface area contributed by atoms with Gasteiger partial charge in [-0.25, -0.2) is 4.79 Å². The Balaban J connectivity index is 2.65. The van der Waals surface area contributed by atoms with E-state index in [1.165, 1.54) is 4.90 Å². The van der Waals surface area contributed by atoms with Gasteiger partial charge in [-0.3, -0.25) is 4.90 Å². The minimum Gasteiger partial charge on any atom is -0.444 e. The lowest BCUT2D eigenvalue weighted by molar-refractivity contribution is -0.111. The molecule has 1 N–H and O–H groups in total. The van der Waals surface area contributed by atoms with Gasteiger partial charge in [0.2, 0.25) is 6.56 Å². The molecule has 1 amide bonds. The summed E-state index contributed by atoms with van der Waals surface area (Å²) in [5, 5.41) is 0. The van der Waals surface area contributed by atoms with Crippen molar-refractivity contribution in [3.63, 3.8) is 0 Å². The van der Waals surface area contributed by atoms with Crippen LogP contribution in [0.4, 0.5) is 4.79 Å². The fraction of sp³-hybridized carbons (Fsp3) is 0.800. The predicted molar refractivity (Wildman–Crippen MR) is 67.1 cm³/mol. The van der Waals surface area contributed by atoms with Gasteiger partial charge in [0.05, 0.1) is 6.04 Å². The van der Waals surface area contributed by atoms with Gasteiger partial charge < -0.3 is 14.1 Å². The SMILES string of the molecule is CC(C)(C)OC(=O)N1CC[C@H]([B]SO)[C@H]1C=O. The smallest absolute Gasteiger partial charge is 0.410 e. The van der Waals surface area contributed by atoms with Crippen molar-refractivity contribution in [3.05, 3.63) is 0 Å². The Morgan fingerprint density at radius 3 is 2.71 bits per heavy atom. The van der Waals surface area contributed by atoms with E-state index in [9.17, 15) is 9.59 Å². The van der Waals surface area contributed by atoms with Crippen LogP contribution in [-0.4, -0.2) is 46.6 Å². The van der Waals surface area contributed by atoms with Crippen LogP contribution >= 0.6 is 11.9 Å². The molecule has 0 unspecified atom stereocenters. The first kappa shape index (κ1) is 14.4. The molecule has 5 nitrogen and oxygen atoms in total. The molecule has 1 radical (unpaired) electrons. The van der Waals surface area contributed by atoms with E-state index in [4.69, 9.17) is 9.29 Å². The maximum Gasteiger partial charge on any atom is 0.410 e. The van der Waals surface area contributed by atoms with Gasteiger partial charge in [0.1, 0.15) is 11.9 Å². The summed E-state index contributed by atoms with van der Waals surface area (Å²) in [6.07, 6.45) is 0.915. The average Bonchev–Trinajstić information content (AvgIpc) is 2.58. The summed E-state index contributed by atoms with van der Waals surface area (Å²) in [5.41, 5.74) is -0.571. The molecule has 7 heteroatoms. The van der Waals surface area contributed by atoms with Gasteiger partial charge in [0, 0.05) is 6.54 Å². The Hall–Kier alpha value is -0.685. The predicted octanol–water partition coefficient (Wildman–Crippen LogP) is 1.81. The summed E-state index contributed by atoms with van der Waals surface area (Å²) in [4.78, 5) is 24.3. The molecule has 1 saturated heterocycles. The second kappa shape index (κ2) is 5.77. The largest absolute Gasteiger partial charge is 0.444 e. The molecule has 0 saturated carbocycles. The number of aldehydes is 1. The van der Waals surface area contributed by atoms with Gasteiger partial charge in [-0.1, -0.05) is 11.9 Å². The molecule has 1 fully saturated rings. The average molecular weight is 258 g/mol. The number of ether oxygens (including phenoxy) is 1. The van der Waals surface area contributed by atoms with Crippen LogP contribution < -0.4 is 0 Å². The molecule has 0 aromatic rings. The van der Waals surface area contributed by atoms with E-state index in [0.29, 0.717) is 24.9 Å². The molecule has 0 aliphatic carbocycles. The zero-order valence-electron chi connectivity index (χ0n) is 10.3. The highest BCUT2D eigenvalue weighted by molar-refractivity contribution is 8.18. The van der Waals surface area contributed by atoms with E-state index in [2.05, 4.69) is 0 Å². The highest BCUT2D eigenvalue weighted by atomic mass is 32.2. The van der Waals surface area contributed by atoms with Crippen LogP contribution in [0, 0.1) is 0 Å². The molecule has 1 aliphatic heterocycles. The molecule has 1 heterocycles. The quantitative estimate of drug-likeness (QED) is 0.475. The van der Waals surface area contributed by atoms with Crippen LogP contribution in [0.2, 0.25) is 5.82 Å². The van der Waals surface area contributed by atoms with Crippen molar-refractivity contribution in [3.8, 4) is 0 Å². The second-order valence-corrected chi connectivity index (χ2v) is 5.48. The van der Waals surface area contributed by atoms with E-state index in [0.717, 1.165) is 6.29 Å². The highest BCUT2D eigenvalue weighted by Crippen LogP contribution is 2.30. The maximum absolute atomic E-state index is 11.8. The van der Waals surface area contributed by atoms with Crippen molar-refractivity contribution >= 4 is 30.8 Å². The molecule has 95 valence electrons. The van der Waals surface area contributed by atoms with E-state index >= 15 is 0 Å². The van der Waals surface area contributed by atoms with Crippen molar-refractivity contribution in [2.45, 2.75) is 44.7 Å². The van der Waals surface area contributed by atoms with Crippen LogP contribution in [0.25, 0.3) is 0 Å². The summed E-state index contributed by atoms with van der Waals surface area (Å²) in [6, 6.07) is -0.538. The second-order valence-electron chi connectivity index (χ2n) is 4.99. The van der Waals surface area contributed by atoms with E-state index in [1.54, 1.807) is 27.3 Å². The van der Waals surface area contributed by atoms with Gasteiger partial charge in [-0.2, -0.15) is 0 Å². The van der Waals surface area contributed by atoms with Gasteiger partial charge in [0.15, 0.2) is 0 Å². The normalized spacial score (nSPS) is 24.6. The molecular weight excluding hydrogens is 241 g/mol. The van der Waals surface area contributed by atoms with Crippen LogP contribution in [0.15, 0.2) is 0 Å². The highest BCUT2D eigenvalue weighted by Gasteiger charge is 2.39. The molecule has 1 aliphatic rings. The number of carbonyl (C=O) groups is 2. The van der Waals surface area contributed by atoms with Crippen molar-refractivity contribution < 1.29 is 18.9 Å². The lowest BCUT2D eigenvalue weighted by Gasteiger charge is -2.27. The Morgan fingerprint density at radius 2 is 2.24 bits per heavy atom. The van der Waals surface area contributed by atoms with Gasteiger partial charge in [0.25, 0.3) is 0 Å². The Labute approximate surface area is 106 Å². The fourth-order valence-electron chi connectivity index (χ4n) is 1.77. The lowest BCUT2D eigenvalue weighted by atomic mass is 9.80. The zero-order valence-corrected chi connectivity index (χ0v) is 11.1. The van der Waals surface area contributed by atoms with Crippen LogP contribution in [0.1, 0.15) is 27.2 Å². The number of carbonyl (C=O) groups excluding carboxylic acids is 2. The first-order valence-corrected chi connectivity index (χ1v) is 6.31. The summed E-state index contributed by atoms with van der Waals surface area (Å²) in [7, 11) is 0. The number of rotatable bonds is 3. The van der Waals surface area contributed by atoms with Crippen molar-refractivity contribution in [2.24, 2.45) is 0 Å². The zero-order chi connectivity index (χ0) is 13.1. The van der Waals surface area contributed by atoms with Crippen molar-refractivity contribution in [1.82, 2.24) is 4.90 Å². The molecule has 0 aromatic heterocycles. The number of likely N-dealkylation sites (tertiary alicyclic amines) is 1. The third-order valence-electron chi connectivity index (χ3n) is 2.50. The lowest BCUT2D eigenvalue weighted by Crippen LogP contribution is -2.41. The minimum atomic E-state index is -0.571. The third-order valence-corrected chi connectivity index (χ3v) is 2.98. The van der Waals surface area contributed by atoms with Crippen LogP contribution in [-0.2, 0) is 9.53 Å². The Bertz CT molecular complexity index is 295. The van der Waals surface area contributed by atoms with Gasteiger partial charge >= 0.3 is 6.09 Å². The molecule has 1 rings (SSSR count). The number of hydrogen-bond donors (Lipinski definition) is 1. The van der Waals surface area contributed by atoms with Gasteiger partial charge in [-0.05, 0) is 33.0 Å². The molecule has 0 spiro atoms. The summed E-state index contributed by atoms with van der Waals surface area (Å²) >= 11 is 0.582. The number of nitrogens with zero attached hydrogens (tertiary/aromatic N) is 1. The molecule has 0 aromatic carbocycles. The summed E-state index contributed by atoms with van der Waals surface area (Å²) in [6.45, 7) is 7.39. The van der Waals surface area contributed by atoms with Crippen molar-refractivity contribution in [1.29, 1.82) is 0 Å². The van der Waals surface area contributed by atoms with E-state index in [-0.39, 0.29) is 5.82 Å².